The van der Waals surface area contributed by atoms with Crippen LogP contribution in [-0.2, 0) is 12.4 Å². The van der Waals surface area contributed by atoms with Crippen molar-refractivity contribution in [1.82, 2.24) is 0 Å². The van der Waals surface area contributed by atoms with E-state index in [9.17, 15) is 26.3 Å². The first-order valence-electron chi connectivity index (χ1n) is 4.32. The Bertz CT molecular complexity index is 396. The predicted molar refractivity (Wildman–Crippen MR) is 47.3 cm³/mol. The summed E-state index contributed by atoms with van der Waals surface area (Å²) in [4.78, 5) is 0. The van der Waals surface area contributed by atoms with Crippen LogP contribution in [0.1, 0.15) is 11.1 Å². The summed E-state index contributed by atoms with van der Waals surface area (Å²) in [6, 6.07) is 0.361. The summed E-state index contributed by atoms with van der Waals surface area (Å²) in [5.74, 6) is -0.952. The fourth-order valence-electron chi connectivity index (χ4n) is 1.12. The lowest BCUT2D eigenvalue weighted by molar-refractivity contribution is -0.143. The summed E-state index contributed by atoms with van der Waals surface area (Å²) in [6.45, 7) is 0. The fourth-order valence-corrected chi connectivity index (χ4v) is 1.12. The normalized spacial score (nSPS) is 12.4. The molecule has 0 heterocycles. The smallest absolute Gasteiger partial charge is 0.512 e. The van der Waals surface area contributed by atoms with Crippen molar-refractivity contribution in [3.05, 3.63) is 29.3 Å². The van der Waals surface area contributed by atoms with Crippen LogP contribution in [-0.4, -0.2) is 17.4 Å². The first-order chi connectivity index (χ1) is 8.00. The van der Waals surface area contributed by atoms with E-state index >= 15 is 0 Å². The molecule has 0 bridgehead atoms. The Morgan fingerprint density at radius 3 is 1.50 bits per heavy atom. The third kappa shape index (κ3) is 3.81. The Labute approximate surface area is 96.8 Å². The third-order valence-electron chi connectivity index (χ3n) is 1.80. The van der Waals surface area contributed by atoms with E-state index in [0.29, 0.717) is 0 Å². The summed E-state index contributed by atoms with van der Waals surface area (Å²) < 4.78 is 78.0. The largest absolute Gasteiger partial charge is 0.707 e. The first-order valence-corrected chi connectivity index (χ1v) is 4.32. The highest BCUT2D eigenvalue weighted by Gasteiger charge is 2.37. The molecule has 0 saturated carbocycles. The van der Waals surface area contributed by atoms with Crippen molar-refractivity contribution in [1.29, 1.82) is 0 Å². The van der Waals surface area contributed by atoms with Gasteiger partial charge in [0, 0.05) is 0 Å². The van der Waals surface area contributed by atoms with E-state index < -0.39 is 36.6 Å². The molecule has 0 fully saturated rings. The van der Waals surface area contributed by atoms with Crippen LogP contribution in [0.5, 0.6) is 5.75 Å². The second-order valence-corrected chi connectivity index (χ2v) is 3.19. The molecule has 0 radical (unpaired) electrons. The predicted octanol–water partition coefficient (Wildman–Crippen LogP) is 2.07. The molecule has 0 saturated heterocycles. The van der Waals surface area contributed by atoms with Crippen LogP contribution in [0, 0.1) is 0 Å². The topological polar surface area (TPSA) is 49.7 Å². The molecule has 2 N–H and O–H groups in total. The van der Waals surface area contributed by atoms with Crippen LogP contribution in [0.25, 0.3) is 0 Å². The molecule has 1 aromatic carbocycles. The van der Waals surface area contributed by atoms with E-state index in [1.807, 2.05) is 0 Å². The standard InChI is InChI=1S/C8H5BF6O3/c10-7(11,12)4-1-5(8(13,14)15)3-6(2-4)18-9(16)17/h1-3,16-17H. The number of benzene rings is 1. The van der Waals surface area contributed by atoms with Crippen molar-refractivity contribution in [3.63, 3.8) is 0 Å². The van der Waals surface area contributed by atoms with Gasteiger partial charge < -0.3 is 14.7 Å². The van der Waals surface area contributed by atoms with Gasteiger partial charge in [0.25, 0.3) is 0 Å². The van der Waals surface area contributed by atoms with Gasteiger partial charge in [-0.2, -0.15) is 26.3 Å². The number of halogens is 6. The second kappa shape index (κ2) is 4.69. The van der Waals surface area contributed by atoms with E-state index in [-0.39, 0.29) is 18.2 Å². The molecule has 0 unspecified atom stereocenters. The molecule has 1 aromatic rings. The second-order valence-electron chi connectivity index (χ2n) is 3.19. The van der Waals surface area contributed by atoms with Gasteiger partial charge in [-0.05, 0) is 18.2 Å². The minimum absolute atomic E-state index is 0.101. The number of hydrogen-bond donors (Lipinski definition) is 2. The Balaban J connectivity index is 3.29. The van der Waals surface area contributed by atoms with Gasteiger partial charge in [0.05, 0.1) is 11.1 Å². The summed E-state index contributed by atoms with van der Waals surface area (Å²) in [7, 11) is -2.52. The van der Waals surface area contributed by atoms with Crippen LogP contribution in [0.2, 0.25) is 0 Å². The highest BCUT2D eigenvalue weighted by Crippen LogP contribution is 2.38. The molecule has 0 aliphatic carbocycles. The van der Waals surface area contributed by atoms with Gasteiger partial charge in [0.2, 0.25) is 0 Å². The van der Waals surface area contributed by atoms with E-state index in [1.165, 1.54) is 0 Å². The molecular weight excluding hydrogens is 269 g/mol. The van der Waals surface area contributed by atoms with Gasteiger partial charge in [-0.3, -0.25) is 0 Å². The van der Waals surface area contributed by atoms with Crippen LogP contribution in [0.3, 0.4) is 0 Å². The van der Waals surface area contributed by atoms with Gasteiger partial charge in [-0.25, -0.2) is 0 Å². The molecule has 3 nitrogen and oxygen atoms in total. The van der Waals surface area contributed by atoms with Crippen LogP contribution in [0.4, 0.5) is 26.3 Å². The molecule has 0 spiro atoms. The van der Waals surface area contributed by atoms with Crippen molar-refractivity contribution in [3.8, 4) is 5.75 Å². The molecule has 0 aliphatic heterocycles. The maximum absolute atomic E-state index is 12.3. The summed E-state index contributed by atoms with van der Waals surface area (Å²) in [5.41, 5.74) is -3.21. The number of alkyl halides is 6. The van der Waals surface area contributed by atoms with Gasteiger partial charge in [-0.1, -0.05) is 0 Å². The molecule has 0 aliphatic rings. The minimum atomic E-state index is -5.01. The number of rotatable bonds is 2. The highest BCUT2D eigenvalue weighted by atomic mass is 19.4. The average molecular weight is 274 g/mol. The van der Waals surface area contributed by atoms with E-state index in [1.54, 1.807) is 0 Å². The molecule has 100 valence electrons. The monoisotopic (exact) mass is 274 g/mol. The van der Waals surface area contributed by atoms with Gasteiger partial charge >= 0.3 is 19.7 Å². The van der Waals surface area contributed by atoms with Gasteiger partial charge in [-0.15, -0.1) is 0 Å². The zero-order valence-corrected chi connectivity index (χ0v) is 8.38. The van der Waals surface area contributed by atoms with Crippen LogP contribution in [0.15, 0.2) is 18.2 Å². The van der Waals surface area contributed by atoms with E-state index in [2.05, 4.69) is 4.65 Å². The van der Waals surface area contributed by atoms with E-state index in [0.717, 1.165) is 0 Å². The third-order valence-corrected chi connectivity index (χ3v) is 1.80. The lowest BCUT2D eigenvalue weighted by Crippen LogP contribution is -2.21. The molecule has 0 atom stereocenters. The quantitative estimate of drug-likeness (QED) is 0.641. The van der Waals surface area contributed by atoms with Crippen molar-refractivity contribution < 1.29 is 41.0 Å². The SMILES string of the molecule is OB(O)Oc1cc(C(F)(F)F)cc(C(F)(F)F)c1. The summed E-state index contributed by atoms with van der Waals surface area (Å²) >= 11 is 0. The summed E-state index contributed by atoms with van der Waals surface area (Å²) in [6.07, 6.45) is -10.0. The maximum atomic E-state index is 12.3. The van der Waals surface area contributed by atoms with Crippen molar-refractivity contribution >= 4 is 7.32 Å². The zero-order valence-electron chi connectivity index (χ0n) is 8.38. The molecule has 0 amide bonds. The lowest BCUT2D eigenvalue weighted by Gasteiger charge is -2.14. The molecule has 18 heavy (non-hydrogen) atoms. The highest BCUT2D eigenvalue weighted by molar-refractivity contribution is 6.33. The lowest BCUT2D eigenvalue weighted by atomic mass is 10.1. The maximum Gasteiger partial charge on any atom is 0.707 e. The molecule has 1 rings (SSSR count). The molecule has 10 heteroatoms. The van der Waals surface area contributed by atoms with Gasteiger partial charge in [0.15, 0.2) is 0 Å². The minimum Gasteiger partial charge on any atom is -0.512 e. The summed E-state index contributed by atoms with van der Waals surface area (Å²) in [5, 5.41) is 16.7. The Morgan fingerprint density at radius 2 is 1.22 bits per heavy atom. The average Bonchev–Trinajstić information content (AvgIpc) is 2.13. The van der Waals surface area contributed by atoms with Crippen molar-refractivity contribution in [2.75, 3.05) is 0 Å². The van der Waals surface area contributed by atoms with Crippen LogP contribution >= 0.6 is 0 Å². The number of hydrogen-bond acceptors (Lipinski definition) is 3. The Hall–Kier alpha value is -1.42. The zero-order chi connectivity index (χ0) is 14.1. The van der Waals surface area contributed by atoms with E-state index in [4.69, 9.17) is 10.0 Å². The Morgan fingerprint density at radius 1 is 0.833 bits per heavy atom. The van der Waals surface area contributed by atoms with Crippen LogP contribution < -0.4 is 4.65 Å². The Kier molecular flexibility index (Phi) is 3.82. The van der Waals surface area contributed by atoms with Gasteiger partial charge in [0.1, 0.15) is 5.75 Å². The fraction of sp³-hybridized carbons (Fsp3) is 0.250. The molecule has 0 aromatic heterocycles. The first kappa shape index (κ1) is 14.6. The van der Waals surface area contributed by atoms with Crippen molar-refractivity contribution in [2.24, 2.45) is 0 Å². The van der Waals surface area contributed by atoms with Crippen molar-refractivity contribution in [2.45, 2.75) is 12.4 Å². The molecular formula is C8H5BF6O3.